The Kier molecular flexibility index (Phi) is 5.49. The summed E-state index contributed by atoms with van der Waals surface area (Å²) in [7, 11) is -3.33. The van der Waals surface area contributed by atoms with E-state index in [1.807, 2.05) is 35.7 Å². The maximum atomic E-state index is 12.2. The number of rotatable bonds is 6. The SMILES string of the molecule is CS(=O)(=O)c1cccc(C(=O)NCCc2csc(-c3ccccc3)n2)c1. The molecule has 0 radical (unpaired) electrons. The number of nitrogens with zero attached hydrogens (tertiary/aromatic N) is 1. The van der Waals surface area contributed by atoms with Gasteiger partial charge in [0.15, 0.2) is 9.84 Å². The smallest absolute Gasteiger partial charge is 0.251 e. The highest BCUT2D eigenvalue weighted by Gasteiger charge is 2.11. The van der Waals surface area contributed by atoms with Gasteiger partial charge in [-0.3, -0.25) is 4.79 Å². The fourth-order valence-electron chi connectivity index (χ4n) is 2.41. The third-order valence-corrected chi connectivity index (χ3v) is 5.81. The van der Waals surface area contributed by atoms with Crippen molar-refractivity contribution in [1.29, 1.82) is 0 Å². The largest absolute Gasteiger partial charge is 0.352 e. The molecule has 0 bridgehead atoms. The molecule has 134 valence electrons. The van der Waals surface area contributed by atoms with Crippen LogP contribution >= 0.6 is 11.3 Å². The van der Waals surface area contributed by atoms with Crippen molar-refractivity contribution in [2.75, 3.05) is 12.8 Å². The van der Waals surface area contributed by atoms with Crippen LogP contribution in [0.3, 0.4) is 0 Å². The summed E-state index contributed by atoms with van der Waals surface area (Å²) in [6, 6.07) is 16.0. The lowest BCUT2D eigenvalue weighted by Crippen LogP contribution is -2.25. The third-order valence-electron chi connectivity index (χ3n) is 3.76. The molecule has 26 heavy (non-hydrogen) atoms. The van der Waals surface area contributed by atoms with Crippen molar-refractivity contribution in [2.24, 2.45) is 0 Å². The van der Waals surface area contributed by atoms with Crippen molar-refractivity contribution < 1.29 is 13.2 Å². The number of benzene rings is 2. The van der Waals surface area contributed by atoms with E-state index in [1.54, 1.807) is 23.5 Å². The minimum Gasteiger partial charge on any atom is -0.352 e. The highest BCUT2D eigenvalue weighted by molar-refractivity contribution is 7.90. The summed E-state index contributed by atoms with van der Waals surface area (Å²) in [5, 5.41) is 5.74. The van der Waals surface area contributed by atoms with Gasteiger partial charge in [0.05, 0.1) is 10.6 Å². The van der Waals surface area contributed by atoms with Crippen LogP contribution in [0.4, 0.5) is 0 Å². The standard InChI is InChI=1S/C19H18N2O3S2/c1-26(23,24)17-9-5-8-15(12-17)18(22)20-11-10-16-13-25-19(21-16)14-6-3-2-4-7-14/h2-9,12-13H,10-11H2,1H3,(H,20,22). The van der Waals surface area contributed by atoms with Crippen LogP contribution in [-0.2, 0) is 16.3 Å². The Labute approximate surface area is 156 Å². The van der Waals surface area contributed by atoms with Crippen LogP contribution in [0.5, 0.6) is 0 Å². The van der Waals surface area contributed by atoms with E-state index < -0.39 is 9.84 Å². The molecule has 0 aliphatic carbocycles. The molecule has 0 aliphatic heterocycles. The molecule has 0 saturated carbocycles. The van der Waals surface area contributed by atoms with Crippen molar-refractivity contribution in [3.05, 3.63) is 71.2 Å². The highest BCUT2D eigenvalue weighted by Crippen LogP contribution is 2.23. The van der Waals surface area contributed by atoms with Crippen LogP contribution in [0.25, 0.3) is 10.6 Å². The van der Waals surface area contributed by atoms with Gasteiger partial charge in [0, 0.05) is 35.7 Å². The number of carbonyl (C=O) groups is 1. The monoisotopic (exact) mass is 386 g/mol. The van der Waals surface area contributed by atoms with Crippen molar-refractivity contribution >= 4 is 27.1 Å². The fraction of sp³-hybridized carbons (Fsp3) is 0.158. The molecule has 0 atom stereocenters. The molecule has 0 saturated heterocycles. The number of aromatic nitrogens is 1. The van der Waals surface area contributed by atoms with Gasteiger partial charge in [-0.05, 0) is 18.2 Å². The summed E-state index contributed by atoms with van der Waals surface area (Å²) in [5.41, 5.74) is 2.32. The van der Waals surface area contributed by atoms with Gasteiger partial charge in [-0.2, -0.15) is 0 Å². The van der Waals surface area contributed by atoms with Gasteiger partial charge in [0.1, 0.15) is 5.01 Å². The van der Waals surface area contributed by atoms with E-state index in [9.17, 15) is 13.2 Å². The number of hydrogen-bond acceptors (Lipinski definition) is 5. The second-order valence-corrected chi connectivity index (χ2v) is 8.69. The molecule has 1 heterocycles. The van der Waals surface area contributed by atoms with Crippen molar-refractivity contribution in [2.45, 2.75) is 11.3 Å². The quantitative estimate of drug-likeness (QED) is 0.706. The minimum absolute atomic E-state index is 0.136. The fourth-order valence-corrected chi connectivity index (χ4v) is 3.94. The van der Waals surface area contributed by atoms with E-state index in [2.05, 4.69) is 10.3 Å². The van der Waals surface area contributed by atoms with Gasteiger partial charge in [0.25, 0.3) is 5.91 Å². The Hall–Kier alpha value is -2.51. The second kappa shape index (κ2) is 7.80. The van der Waals surface area contributed by atoms with Crippen LogP contribution in [0, 0.1) is 0 Å². The molecule has 2 aromatic carbocycles. The van der Waals surface area contributed by atoms with Crippen LogP contribution in [0.1, 0.15) is 16.1 Å². The zero-order valence-electron chi connectivity index (χ0n) is 14.2. The van der Waals surface area contributed by atoms with E-state index in [0.717, 1.165) is 22.5 Å². The van der Waals surface area contributed by atoms with Gasteiger partial charge < -0.3 is 5.32 Å². The second-order valence-electron chi connectivity index (χ2n) is 5.82. The maximum absolute atomic E-state index is 12.2. The van der Waals surface area contributed by atoms with E-state index in [-0.39, 0.29) is 10.8 Å². The number of thiazole rings is 1. The van der Waals surface area contributed by atoms with E-state index in [1.165, 1.54) is 12.1 Å². The normalized spacial score (nSPS) is 11.3. The lowest BCUT2D eigenvalue weighted by Gasteiger charge is -2.05. The summed E-state index contributed by atoms with van der Waals surface area (Å²) < 4.78 is 23.2. The zero-order valence-corrected chi connectivity index (χ0v) is 15.8. The van der Waals surface area contributed by atoms with Crippen molar-refractivity contribution in [1.82, 2.24) is 10.3 Å². The predicted molar refractivity (Wildman–Crippen MR) is 103 cm³/mol. The Morgan fingerprint density at radius 1 is 1.12 bits per heavy atom. The first-order valence-corrected chi connectivity index (χ1v) is 10.8. The summed E-state index contributed by atoms with van der Waals surface area (Å²) in [6.45, 7) is 0.430. The molecular weight excluding hydrogens is 368 g/mol. The van der Waals surface area contributed by atoms with Gasteiger partial charge in [-0.1, -0.05) is 36.4 Å². The lowest BCUT2D eigenvalue weighted by atomic mass is 10.2. The average Bonchev–Trinajstić information content (AvgIpc) is 3.11. The van der Waals surface area contributed by atoms with E-state index in [0.29, 0.717) is 18.5 Å². The Morgan fingerprint density at radius 2 is 1.88 bits per heavy atom. The molecule has 0 fully saturated rings. The molecule has 1 amide bonds. The molecule has 0 aliphatic rings. The molecule has 0 unspecified atom stereocenters. The molecule has 1 aromatic heterocycles. The van der Waals surface area contributed by atoms with Crippen molar-refractivity contribution in [3.8, 4) is 10.6 Å². The number of carbonyl (C=O) groups excluding carboxylic acids is 1. The topological polar surface area (TPSA) is 76.1 Å². The molecule has 3 rings (SSSR count). The number of nitrogens with one attached hydrogen (secondary N) is 1. The number of sulfone groups is 1. The van der Waals surface area contributed by atoms with Crippen LogP contribution < -0.4 is 5.32 Å². The van der Waals surface area contributed by atoms with E-state index >= 15 is 0 Å². The Bertz CT molecular complexity index is 1010. The first kappa shape index (κ1) is 18.3. The summed E-state index contributed by atoms with van der Waals surface area (Å²) in [5.74, 6) is -0.297. The van der Waals surface area contributed by atoms with Gasteiger partial charge in [-0.15, -0.1) is 11.3 Å². The average molecular weight is 386 g/mol. The molecule has 3 aromatic rings. The van der Waals surface area contributed by atoms with Crippen molar-refractivity contribution in [3.63, 3.8) is 0 Å². The first-order valence-electron chi connectivity index (χ1n) is 8.01. The number of hydrogen-bond donors (Lipinski definition) is 1. The van der Waals surface area contributed by atoms with Gasteiger partial charge in [-0.25, -0.2) is 13.4 Å². The summed E-state index contributed by atoms with van der Waals surface area (Å²) >= 11 is 1.57. The van der Waals surface area contributed by atoms with Crippen LogP contribution in [-0.4, -0.2) is 32.1 Å². The Balaban J connectivity index is 1.59. The van der Waals surface area contributed by atoms with Gasteiger partial charge in [0.2, 0.25) is 0 Å². The lowest BCUT2D eigenvalue weighted by molar-refractivity contribution is 0.0954. The zero-order chi connectivity index (χ0) is 18.6. The first-order chi connectivity index (χ1) is 12.4. The maximum Gasteiger partial charge on any atom is 0.251 e. The minimum atomic E-state index is -3.33. The predicted octanol–water partition coefficient (Wildman–Crippen LogP) is 3.19. The molecule has 5 nitrogen and oxygen atoms in total. The molecule has 7 heteroatoms. The van der Waals surface area contributed by atoms with Gasteiger partial charge >= 0.3 is 0 Å². The third kappa shape index (κ3) is 4.56. The number of amides is 1. The highest BCUT2D eigenvalue weighted by atomic mass is 32.2. The molecule has 1 N–H and O–H groups in total. The molecule has 0 spiro atoms. The summed E-state index contributed by atoms with van der Waals surface area (Å²) in [4.78, 5) is 16.9. The Morgan fingerprint density at radius 3 is 2.62 bits per heavy atom. The van der Waals surface area contributed by atoms with E-state index in [4.69, 9.17) is 0 Å². The van der Waals surface area contributed by atoms with Crippen LogP contribution in [0.15, 0.2) is 64.9 Å². The van der Waals surface area contributed by atoms with Crippen LogP contribution in [0.2, 0.25) is 0 Å². The molecular formula is C19H18N2O3S2. The summed E-state index contributed by atoms with van der Waals surface area (Å²) in [6.07, 6.45) is 1.73.